The number of rotatable bonds is 2. The second-order valence-electron chi connectivity index (χ2n) is 5.86. The molecular formula is C13H15N5O2. The lowest BCUT2D eigenvalue weighted by Crippen LogP contribution is -2.33. The molecule has 4 rings (SSSR count). The van der Waals surface area contributed by atoms with Crippen LogP contribution in [0.15, 0.2) is 18.3 Å². The molecule has 1 saturated carbocycles. The van der Waals surface area contributed by atoms with Crippen LogP contribution in [0.5, 0.6) is 0 Å². The van der Waals surface area contributed by atoms with Crippen molar-refractivity contribution >= 4 is 17.3 Å². The third-order valence-electron chi connectivity index (χ3n) is 4.69. The van der Waals surface area contributed by atoms with E-state index in [9.17, 15) is 10.1 Å². The summed E-state index contributed by atoms with van der Waals surface area (Å²) in [6.07, 6.45) is 6.39. The molecule has 7 nitrogen and oxygen atoms in total. The van der Waals surface area contributed by atoms with Crippen LogP contribution >= 0.6 is 0 Å². The number of hydrogen-bond donors (Lipinski definition) is 0. The highest BCUT2D eigenvalue weighted by molar-refractivity contribution is 5.50. The molecule has 0 radical (unpaired) electrons. The van der Waals surface area contributed by atoms with Crippen molar-refractivity contribution in [2.24, 2.45) is 5.41 Å². The first kappa shape index (κ1) is 11.6. The Hall–Kier alpha value is -2.18. The summed E-state index contributed by atoms with van der Waals surface area (Å²) in [5, 5.41) is 15.4. The number of hydrogen-bond acceptors (Lipinski definition) is 5. The summed E-state index contributed by atoms with van der Waals surface area (Å²) in [7, 11) is 0. The van der Waals surface area contributed by atoms with Gasteiger partial charge in [-0.1, -0.05) is 16.0 Å². The third kappa shape index (κ3) is 1.59. The van der Waals surface area contributed by atoms with Gasteiger partial charge in [0.15, 0.2) is 5.82 Å². The molecular weight excluding hydrogens is 258 g/mol. The lowest BCUT2D eigenvalue weighted by molar-refractivity contribution is -0.391. The topological polar surface area (TPSA) is 76.6 Å². The Labute approximate surface area is 115 Å². The van der Waals surface area contributed by atoms with Crippen LogP contribution in [-0.2, 0) is 0 Å². The van der Waals surface area contributed by atoms with Gasteiger partial charge >= 0.3 is 5.82 Å². The molecule has 104 valence electrons. The average molecular weight is 273 g/mol. The zero-order chi connectivity index (χ0) is 13.7. The molecule has 1 aliphatic heterocycles. The molecule has 2 aliphatic rings. The van der Waals surface area contributed by atoms with E-state index in [-0.39, 0.29) is 5.82 Å². The van der Waals surface area contributed by atoms with Gasteiger partial charge in [0.1, 0.15) is 6.20 Å². The van der Waals surface area contributed by atoms with Gasteiger partial charge in [0, 0.05) is 19.2 Å². The minimum absolute atomic E-state index is 0.0839. The first-order valence-corrected chi connectivity index (χ1v) is 6.91. The van der Waals surface area contributed by atoms with Crippen LogP contribution < -0.4 is 4.90 Å². The number of fused-ring (bicyclic) bond motifs is 1. The Balaban J connectivity index is 1.70. The summed E-state index contributed by atoms with van der Waals surface area (Å²) >= 11 is 0. The number of aromatic nitrogens is 3. The van der Waals surface area contributed by atoms with Crippen LogP contribution in [-0.4, -0.2) is 32.6 Å². The fourth-order valence-electron chi connectivity index (χ4n) is 3.36. The van der Waals surface area contributed by atoms with Gasteiger partial charge in [-0.15, -0.1) is 0 Å². The van der Waals surface area contributed by atoms with Crippen LogP contribution in [0.3, 0.4) is 0 Å². The number of anilines is 1. The molecule has 0 atom stereocenters. The van der Waals surface area contributed by atoms with Crippen molar-refractivity contribution in [3.8, 4) is 0 Å². The monoisotopic (exact) mass is 273 g/mol. The molecule has 2 aromatic heterocycles. The van der Waals surface area contributed by atoms with E-state index in [1.54, 1.807) is 6.07 Å². The third-order valence-corrected chi connectivity index (χ3v) is 4.69. The largest absolute Gasteiger partial charge is 0.368 e. The highest BCUT2D eigenvalue weighted by Gasteiger charge is 2.43. The second kappa shape index (κ2) is 3.91. The predicted octanol–water partition coefficient (Wildman–Crippen LogP) is 2.02. The van der Waals surface area contributed by atoms with Gasteiger partial charge in [0.2, 0.25) is 5.65 Å². The fourth-order valence-corrected chi connectivity index (χ4v) is 3.36. The fraction of sp³-hybridized carbons (Fsp3) is 0.538. The Morgan fingerprint density at radius 3 is 2.80 bits per heavy atom. The quantitative estimate of drug-likeness (QED) is 0.618. The summed E-state index contributed by atoms with van der Waals surface area (Å²) in [5.74, 6) is 0.724. The number of imidazole rings is 1. The lowest BCUT2D eigenvalue weighted by atomic mass is 9.68. The van der Waals surface area contributed by atoms with Gasteiger partial charge in [0.05, 0.1) is 0 Å². The molecule has 1 aliphatic carbocycles. The average Bonchev–Trinajstić information content (AvgIpc) is 3.01. The zero-order valence-electron chi connectivity index (χ0n) is 11.0. The van der Waals surface area contributed by atoms with Crippen molar-refractivity contribution in [1.29, 1.82) is 0 Å². The molecule has 3 heterocycles. The van der Waals surface area contributed by atoms with E-state index >= 15 is 0 Å². The molecule has 7 heteroatoms. The van der Waals surface area contributed by atoms with Gasteiger partial charge in [0.25, 0.3) is 0 Å². The SMILES string of the molecule is O=[N+]([O-])c1cnc2ccc(N3CCC4(CCC4)C3)nn12. The lowest BCUT2D eigenvalue weighted by Gasteiger charge is -2.38. The van der Waals surface area contributed by atoms with Crippen LogP contribution in [0.1, 0.15) is 25.7 Å². The van der Waals surface area contributed by atoms with Gasteiger partial charge < -0.3 is 15.0 Å². The molecule has 0 bridgehead atoms. The molecule has 20 heavy (non-hydrogen) atoms. The molecule has 0 N–H and O–H groups in total. The minimum Gasteiger partial charge on any atom is -0.358 e. The maximum Gasteiger partial charge on any atom is 0.368 e. The normalized spacial score (nSPS) is 20.5. The number of nitro groups is 1. The van der Waals surface area contributed by atoms with Gasteiger partial charge in [-0.25, -0.2) is 4.98 Å². The number of nitrogens with zero attached hydrogens (tertiary/aromatic N) is 5. The Kier molecular flexibility index (Phi) is 2.27. The van der Waals surface area contributed by atoms with Crippen molar-refractivity contribution in [1.82, 2.24) is 14.6 Å². The van der Waals surface area contributed by atoms with E-state index in [4.69, 9.17) is 0 Å². The summed E-state index contributed by atoms with van der Waals surface area (Å²) < 4.78 is 1.32. The minimum atomic E-state index is -0.450. The Morgan fingerprint density at radius 2 is 2.15 bits per heavy atom. The van der Waals surface area contributed by atoms with E-state index in [0.717, 1.165) is 18.9 Å². The van der Waals surface area contributed by atoms with E-state index in [1.807, 2.05) is 6.07 Å². The van der Waals surface area contributed by atoms with Gasteiger partial charge in [-0.2, -0.15) is 0 Å². The summed E-state index contributed by atoms with van der Waals surface area (Å²) in [5.41, 5.74) is 0.996. The molecule has 0 aromatic carbocycles. The van der Waals surface area contributed by atoms with Gasteiger partial charge in [-0.3, -0.25) is 0 Å². The summed E-state index contributed by atoms with van der Waals surface area (Å²) in [4.78, 5) is 16.8. The predicted molar refractivity (Wildman–Crippen MR) is 72.8 cm³/mol. The smallest absolute Gasteiger partial charge is 0.358 e. The van der Waals surface area contributed by atoms with Crippen molar-refractivity contribution in [2.45, 2.75) is 25.7 Å². The molecule has 1 spiro atoms. The molecule has 0 amide bonds. The van der Waals surface area contributed by atoms with Crippen LogP contribution in [0.25, 0.3) is 5.65 Å². The van der Waals surface area contributed by atoms with Crippen LogP contribution in [0.4, 0.5) is 11.6 Å². The summed E-state index contributed by atoms with van der Waals surface area (Å²) in [6, 6.07) is 3.70. The van der Waals surface area contributed by atoms with E-state index in [1.165, 1.54) is 36.4 Å². The molecule has 2 fully saturated rings. The second-order valence-corrected chi connectivity index (χ2v) is 5.86. The molecule has 2 aromatic rings. The van der Waals surface area contributed by atoms with Crippen molar-refractivity contribution in [2.75, 3.05) is 18.0 Å². The first-order valence-electron chi connectivity index (χ1n) is 6.91. The van der Waals surface area contributed by atoms with E-state index in [0.29, 0.717) is 11.1 Å². The highest BCUT2D eigenvalue weighted by atomic mass is 16.6. The summed E-state index contributed by atoms with van der Waals surface area (Å²) in [6.45, 7) is 2.01. The van der Waals surface area contributed by atoms with E-state index < -0.39 is 4.92 Å². The first-order chi connectivity index (χ1) is 9.67. The zero-order valence-corrected chi connectivity index (χ0v) is 11.0. The highest BCUT2D eigenvalue weighted by Crippen LogP contribution is 2.48. The van der Waals surface area contributed by atoms with Crippen LogP contribution in [0, 0.1) is 15.5 Å². The van der Waals surface area contributed by atoms with E-state index in [2.05, 4.69) is 15.0 Å². The van der Waals surface area contributed by atoms with Crippen LogP contribution in [0.2, 0.25) is 0 Å². The maximum absolute atomic E-state index is 11.0. The van der Waals surface area contributed by atoms with Crippen molar-refractivity contribution < 1.29 is 4.92 Å². The van der Waals surface area contributed by atoms with Gasteiger partial charge in [-0.05, 0) is 35.7 Å². The molecule has 1 saturated heterocycles. The van der Waals surface area contributed by atoms with Crippen molar-refractivity contribution in [3.63, 3.8) is 0 Å². The maximum atomic E-state index is 11.0. The standard InChI is InChI=1S/C13H15N5O2/c19-18(20)12-8-14-10-2-3-11(15-17(10)12)16-7-6-13(9-16)4-1-5-13/h2-3,8H,1,4-7,9H2. The Morgan fingerprint density at radius 1 is 1.30 bits per heavy atom. The Bertz CT molecular complexity index is 691. The molecule has 0 unspecified atom stereocenters. The van der Waals surface area contributed by atoms with Crippen molar-refractivity contribution in [3.05, 3.63) is 28.4 Å².